The number of hydrogen-bond donors (Lipinski definition) is 0. The van der Waals surface area contributed by atoms with Gasteiger partial charge in [-0.15, -0.1) is 0 Å². The molecule has 0 aliphatic heterocycles. The maximum atomic E-state index is 11.9. The highest BCUT2D eigenvalue weighted by atomic mass is 79.9. The number of rotatable bonds is 13. The van der Waals surface area contributed by atoms with Crippen LogP contribution in [0.3, 0.4) is 0 Å². The average Bonchev–Trinajstić information content (AvgIpc) is 2.62. The molecular weight excluding hydrogens is 396 g/mol. The lowest BCUT2D eigenvalue weighted by molar-refractivity contribution is -0.153. The molecule has 1 aromatic rings. The van der Waals surface area contributed by atoms with Crippen molar-refractivity contribution in [3.63, 3.8) is 0 Å². The van der Waals surface area contributed by atoms with E-state index in [2.05, 4.69) is 22.9 Å². The minimum Gasteiger partial charge on any atom is -0.466 e. The van der Waals surface area contributed by atoms with Crippen LogP contribution in [0.1, 0.15) is 83.3 Å². The topological polar surface area (TPSA) is 52.6 Å². The smallest absolute Gasteiger partial charge is 0.306 e. The minimum absolute atomic E-state index is 0.0498. The van der Waals surface area contributed by atoms with Crippen molar-refractivity contribution in [1.29, 1.82) is 0 Å². The third kappa shape index (κ3) is 10.6. The van der Waals surface area contributed by atoms with E-state index in [4.69, 9.17) is 9.47 Å². The zero-order valence-electron chi connectivity index (χ0n) is 16.0. The van der Waals surface area contributed by atoms with Gasteiger partial charge in [-0.3, -0.25) is 9.59 Å². The molecule has 1 unspecified atom stereocenters. The number of benzene rings is 1. The zero-order chi connectivity index (χ0) is 19.2. The van der Waals surface area contributed by atoms with Gasteiger partial charge in [0, 0.05) is 4.47 Å². The number of esters is 2. The van der Waals surface area contributed by atoms with E-state index in [0.29, 0.717) is 6.61 Å². The van der Waals surface area contributed by atoms with Crippen molar-refractivity contribution in [2.24, 2.45) is 0 Å². The van der Waals surface area contributed by atoms with Gasteiger partial charge < -0.3 is 9.47 Å². The highest BCUT2D eigenvalue weighted by molar-refractivity contribution is 9.10. The summed E-state index contributed by atoms with van der Waals surface area (Å²) in [4.78, 5) is 23.6. The van der Waals surface area contributed by atoms with Crippen LogP contribution in [0, 0.1) is 0 Å². The second-order valence-electron chi connectivity index (χ2n) is 6.53. The second-order valence-corrected chi connectivity index (χ2v) is 7.44. The number of ether oxygens (including phenoxy) is 2. The van der Waals surface area contributed by atoms with Crippen LogP contribution in [0.4, 0.5) is 0 Å². The Morgan fingerprint density at radius 3 is 2.35 bits per heavy atom. The summed E-state index contributed by atoms with van der Waals surface area (Å²) in [5.74, 6) is -0.714. The fraction of sp³-hybridized carbons (Fsp3) is 0.619. The molecule has 0 amide bonds. The summed E-state index contributed by atoms with van der Waals surface area (Å²) in [6, 6.07) is 7.62. The first-order valence-electron chi connectivity index (χ1n) is 9.63. The Balaban J connectivity index is 2.09. The molecule has 5 heteroatoms. The highest BCUT2D eigenvalue weighted by Gasteiger charge is 2.14. The molecule has 26 heavy (non-hydrogen) atoms. The molecule has 0 radical (unpaired) electrons. The molecule has 0 aromatic heterocycles. The first-order chi connectivity index (χ1) is 12.5. The Morgan fingerprint density at radius 1 is 1.00 bits per heavy atom. The molecule has 0 aliphatic carbocycles. The van der Waals surface area contributed by atoms with Crippen molar-refractivity contribution in [2.45, 2.75) is 77.7 Å². The van der Waals surface area contributed by atoms with E-state index < -0.39 is 0 Å². The van der Waals surface area contributed by atoms with Gasteiger partial charge in [0.2, 0.25) is 0 Å². The molecular formula is C21H31BrO4. The van der Waals surface area contributed by atoms with E-state index in [0.717, 1.165) is 22.9 Å². The molecule has 1 aromatic carbocycles. The predicted octanol–water partition coefficient (Wildman–Crippen LogP) is 6.13. The summed E-state index contributed by atoms with van der Waals surface area (Å²) < 4.78 is 11.5. The lowest BCUT2D eigenvalue weighted by Crippen LogP contribution is -2.12. The van der Waals surface area contributed by atoms with Crippen molar-refractivity contribution in [3.05, 3.63) is 34.3 Å². The summed E-state index contributed by atoms with van der Waals surface area (Å²) in [5, 5.41) is 0. The fourth-order valence-electron chi connectivity index (χ4n) is 2.61. The lowest BCUT2D eigenvalue weighted by Gasteiger charge is -2.13. The molecule has 0 spiro atoms. The van der Waals surface area contributed by atoms with Crippen LogP contribution in [-0.4, -0.2) is 18.5 Å². The molecule has 1 rings (SSSR count). The van der Waals surface area contributed by atoms with Gasteiger partial charge in [0.05, 0.1) is 19.4 Å². The second kappa shape index (κ2) is 13.8. The van der Waals surface area contributed by atoms with E-state index in [1.165, 1.54) is 32.1 Å². The Bertz CT molecular complexity index is 545. The number of halogens is 1. The van der Waals surface area contributed by atoms with E-state index in [1.54, 1.807) is 0 Å². The minimum atomic E-state index is -0.384. The van der Waals surface area contributed by atoms with Crippen LogP contribution in [0.15, 0.2) is 28.7 Å². The van der Waals surface area contributed by atoms with Crippen LogP contribution in [0.2, 0.25) is 0 Å². The molecule has 4 nitrogen and oxygen atoms in total. The van der Waals surface area contributed by atoms with Gasteiger partial charge in [-0.25, -0.2) is 0 Å². The van der Waals surface area contributed by atoms with Crippen molar-refractivity contribution in [2.75, 3.05) is 6.61 Å². The summed E-state index contributed by atoms with van der Waals surface area (Å²) in [6.07, 6.45) is 8.04. The van der Waals surface area contributed by atoms with Gasteiger partial charge in [0.25, 0.3) is 0 Å². The zero-order valence-corrected chi connectivity index (χ0v) is 17.6. The fourth-order valence-corrected chi connectivity index (χ4v) is 3.02. The molecule has 0 fully saturated rings. The Kier molecular flexibility index (Phi) is 12.0. The molecule has 0 bridgehead atoms. The Morgan fingerprint density at radius 2 is 1.65 bits per heavy atom. The van der Waals surface area contributed by atoms with E-state index >= 15 is 0 Å². The van der Waals surface area contributed by atoms with Crippen LogP contribution < -0.4 is 0 Å². The average molecular weight is 427 g/mol. The Hall–Kier alpha value is -1.36. The summed E-state index contributed by atoms with van der Waals surface area (Å²) in [7, 11) is 0. The van der Waals surface area contributed by atoms with Gasteiger partial charge in [0.1, 0.15) is 6.10 Å². The summed E-state index contributed by atoms with van der Waals surface area (Å²) in [5.41, 5.74) is 0.911. The van der Waals surface area contributed by atoms with Crippen molar-refractivity contribution < 1.29 is 19.1 Å². The summed E-state index contributed by atoms with van der Waals surface area (Å²) in [6.45, 7) is 4.46. The highest BCUT2D eigenvalue weighted by Crippen LogP contribution is 2.21. The monoisotopic (exact) mass is 426 g/mol. The molecule has 0 N–H and O–H groups in total. The maximum absolute atomic E-state index is 11.9. The van der Waals surface area contributed by atoms with Crippen molar-refractivity contribution in [1.82, 2.24) is 0 Å². The Labute approximate surface area is 165 Å². The lowest BCUT2D eigenvalue weighted by atomic mass is 10.1. The van der Waals surface area contributed by atoms with Crippen LogP contribution in [-0.2, 0) is 19.1 Å². The van der Waals surface area contributed by atoms with Gasteiger partial charge in [-0.2, -0.15) is 0 Å². The SMILES string of the molecule is CCCCCCCCCOC(=O)CCC(=O)OC(C)c1cccc(Br)c1. The van der Waals surface area contributed by atoms with Gasteiger partial charge in [-0.1, -0.05) is 73.5 Å². The van der Waals surface area contributed by atoms with Gasteiger partial charge in [-0.05, 0) is 31.0 Å². The predicted molar refractivity (Wildman–Crippen MR) is 107 cm³/mol. The van der Waals surface area contributed by atoms with Crippen LogP contribution in [0.25, 0.3) is 0 Å². The van der Waals surface area contributed by atoms with E-state index in [-0.39, 0.29) is 30.9 Å². The number of carbonyl (C=O) groups is 2. The van der Waals surface area contributed by atoms with Crippen molar-refractivity contribution >= 4 is 27.9 Å². The largest absolute Gasteiger partial charge is 0.466 e. The summed E-state index contributed by atoms with van der Waals surface area (Å²) >= 11 is 3.40. The van der Waals surface area contributed by atoms with E-state index in [1.807, 2.05) is 31.2 Å². The number of hydrogen-bond acceptors (Lipinski definition) is 4. The normalized spacial score (nSPS) is 11.8. The number of carbonyl (C=O) groups excluding carboxylic acids is 2. The van der Waals surface area contributed by atoms with E-state index in [9.17, 15) is 9.59 Å². The third-order valence-corrected chi connectivity index (χ3v) is 4.66. The molecule has 0 saturated carbocycles. The number of unbranched alkanes of at least 4 members (excludes halogenated alkanes) is 6. The van der Waals surface area contributed by atoms with Gasteiger partial charge >= 0.3 is 11.9 Å². The first kappa shape index (κ1) is 22.7. The standard InChI is InChI=1S/C21H31BrO4/c1-3-4-5-6-7-8-9-15-25-20(23)13-14-21(24)26-17(2)18-11-10-12-19(22)16-18/h10-12,16-17H,3-9,13-15H2,1-2H3. The van der Waals surface area contributed by atoms with Gasteiger partial charge in [0.15, 0.2) is 0 Å². The molecule has 146 valence electrons. The first-order valence-corrected chi connectivity index (χ1v) is 10.4. The molecule has 0 aliphatic rings. The van der Waals surface area contributed by atoms with Crippen molar-refractivity contribution in [3.8, 4) is 0 Å². The quantitative estimate of drug-likeness (QED) is 0.281. The maximum Gasteiger partial charge on any atom is 0.306 e. The molecule has 0 heterocycles. The molecule has 1 atom stereocenters. The van der Waals surface area contributed by atoms with Crippen LogP contribution in [0.5, 0.6) is 0 Å². The van der Waals surface area contributed by atoms with Crippen LogP contribution >= 0.6 is 15.9 Å². The molecule has 0 saturated heterocycles. The third-order valence-electron chi connectivity index (χ3n) is 4.17.